The molecule has 0 aromatic rings. The van der Waals surface area contributed by atoms with Crippen molar-refractivity contribution in [3.63, 3.8) is 0 Å². The molecule has 0 aromatic carbocycles. The molecule has 1 unspecified atom stereocenters. The lowest BCUT2D eigenvalue weighted by Crippen LogP contribution is -2.32. The number of hydrogen-bond acceptors (Lipinski definition) is 2. The van der Waals surface area contributed by atoms with E-state index in [9.17, 15) is 10.2 Å². The van der Waals surface area contributed by atoms with E-state index in [2.05, 4.69) is 20.8 Å². The van der Waals surface area contributed by atoms with Gasteiger partial charge in [0.25, 0.3) is 0 Å². The fraction of sp³-hybridized carbons (Fsp3) is 1.00. The van der Waals surface area contributed by atoms with Gasteiger partial charge in [-0.05, 0) is 37.5 Å². The Labute approximate surface area is 100 Å². The lowest BCUT2D eigenvalue weighted by Gasteiger charge is -2.33. The zero-order valence-corrected chi connectivity index (χ0v) is 11.1. The molecule has 0 aliphatic heterocycles. The lowest BCUT2D eigenvalue weighted by atomic mass is 9.79. The largest absolute Gasteiger partial charge is 0.393 e. The van der Waals surface area contributed by atoms with E-state index in [0.717, 1.165) is 32.1 Å². The summed E-state index contributed by atoms with van der Waals surface area (Å²) in [5.74, 6) is 0. The Kier molecular flexibility index (Phi) is 4.81. The standard InChI is InChI=1S/C14H28O2/c1-13(2,3)12(15)8-7-11-14(16)9-5-4-6-10-14/h12,15-16H,4-11H2,1-3H3. The van der Waals surface area contributed by atoms with E-state index in [4.69, 9.17) is 0 Å². The van der Waals surface area contributed by atoms with Crippen LogP contribution in [-0.4, -0.2) is 21.9 Å². The molecule has 1 rings (SSSR count). The van der Waals surface area contributed by atoms with Gasteiger partial charge in [-0.25, -0.2) is 0 Å². The van der Waals surface area contributed by atoms with Crippen LogP contribution in [0, 0.1) is 5.41 Å². The van der Waals surface area contributed by atoms with Crippen LogP contribution in [0.3, 0.4) is 0 Å². The first kappa shape index (κ1) is 14.0. The third kappa shape index (κ3) is 4.42. The number of aliphatic hydroxyl groups is 2. The third-order valence-electron chi connectivity index (χ3n) is 3.90. The fourth-order valence-electron chi connectivity index (χ4n) is 2.52. The molecule has 16 heavy (non-hydrogen) atoms. The van der Waals surface area contributed by atoms with Crippen molar-refractivity contribution in [3.05, 3.63) is 0 Å². The lowest BCUT2D eigenvalue weighted by molar-refractivity contribution is -0.0131. The number of hydrogen-bond donors (Lipinski definition) is 2. The molecule has 0 spiro atoms. The van der Waals surface area contributed by atoms with E-state index in [1.165, 1.54) is 19.3 Å². The molecule has 96 valence electrons. The SMILES string of the molecule is CC(C)(C)C(O)CCCC1(O)CCCCC1. The number of rotatable bonds is 4. The van der Waals surface area contributed by atoms with Gasteiger partial charge in [0.2, 0.25) is 0 Å². The van der Waals surface area contributed by atoms with Crippen LogP contribution in [0.2, 0.25) is 0 Å². The summed E-state index contributed by atoms with van der Waals surface area (Å²) in [6.45, 7) is 6.19. The molecule has 0 aromatic heterocycles. The van der Waals surface area contributed by atoms with Gasteiger partial charge in [0.15, 0.2) is 0 Å². The van der Waals surface area contributed by atoms with Crippen molar-refractivity contribution in [1.82, 2.24) is 0 Å². The highest BCUT2D eigenvalue weighted by atomic mass is 16.3. The van der Waals surface area contributed by atoms with Crippen molar-refractivity contribution >= 4 is 0 Å². The summed E-state index contributed by atoms with van der Waals surface area (Å²) in [6.07, 6.45) is 7.88. The van der Waals surface area contributed by atoms with Gasteiger partial charge in [0.05, 0.1) is 11.7 Å². The van der Waals surface area contributed by atoms with Crippen molar-refractivity contribution in [2.75, 3.05) is 0 Å². The quantitative estimate of drug-likeness (QED) is 0.775. The summed E-state index contributed by atoms with van der Waals surface area (Å²) >= 11 is 0. The average Bonchev–Trinajstić information content (AvgIpc) is 2.17. The second-order valence-corrected chi connectivity index (χ2v) is 6.56. The molecule has 0 amide bonds. The van der Waals surface area contributed by atoms with Crippen LogP contribution in [0.15, 0.2) is 0 Å². The summed E-state index contributed by atoms with van der Waals surface area (Å²) in [6, 6.07) is 0. The van der Waals surface area contributed by atoms with Crippen molar-refractivity contribution in [2.24, 2.45) is 5.41 Å². The van der Waals surface area contributed by atoms with Crippen LogP contribution in [0.1, 0.15) is 72.1 Å². The average molecular weight is 228 g/mol. The molecule has 1 saturated carbocycles. The first-order valence-corrected chi connectivity index (χ1v) is 6.74. The highest BCUT2D eigenvalue weighted by Gasteiger charge is 2.29. The van der Waals surface area contributed by atoms with E-state index in [1.807, 2.05) is 0 Å². The smallest absolute Gasteiger partial charge is 0.0647 e. The van der Waals surface area contributed by atoms with Gasteiger partial charge in [-0.15, -0.1) is 0 Å². The Morgan fingerprint density at radius 2 is 1.69 bits per heavy atom. The fourth-order valence-corrected chi connectivity index (χ4v) is 2.52. The first-order valence-electron chi connectivity index (χ1n) is 6.74. The molecule has 1 atom stereocenters. The summed E-state index contributed by atoms with van der Waals surface area (Å²) in [4.78, 5) is 0. The van der Waals surface area contributed by atoms with Crippen molar-refractivity contribution in [2.45, 2.75) is 83.8 Å². The molecule has 2 heteroatoms. The van der Waals surface area contributed by atoms with Crippen LogP contribution in [0.5, 0.6) is 0 Å². The monoisotopic (exact) mass is 228 g/mol. The minimum atomic E-state index is -0.421. The second kappa shape index (κ2) is 5.50. The maximum Gasteiger partial charge on any atom is 0.0647 e. The van der Waals surface area contributed by atoms with E-state index in [-0.39, 0.29) is 11.5 Å². The Hall–Kier alpha value is -0.0800. The molecule has 2 N–H and O–H groups in total. The molecule has 0 bridgehead atoms. The molecule has 2 nitrogen and oxygen atoms in total. The second-order valence-electron chi connectivity index (χ2n) is 6.56. The van der Waals surface area contributed by atoms with Gasteiger partial charge in [-0.3, -0.25) is 0 Å². The van der Waals surface area contributed by atoms with Gasteiger partial charge in [-0.1, -0.05) is 40.0 Å². The molecule has 1 fully saturated rings. The summed E-state index contributed by atoms with van der Waals surface area (Å²) in [7, 11) is 0. The van der Waals surface area contributed by atoms with Crippen molar-refractivity contribution in [3.8, 4) is 0 Å². The minimum absolute atomic E-state index is 0.0326. The predicted octanol–water partition coefficient (Wildman–Crippen LogP) is 3.26. The Balaban J connectivity index is 2.24. The molecular weight excluding hydrogens is 200 g/mol. The van der Waals surface area contributed by atoms with E-state index in [0.29, 0.717) is 0 Å². The third-order valence-corrected chi connectivity index (χ3v) is 3.90. The van der Waals surface area contributed by atoms with Crippen LogP contribution in [0.25, 0.3) is 0 Å². The van der Waals surface area contributed by atoms with Gasteiger partial charge in [-0.2, -0.15) is 0 Å². The summed E-state index contributed by atoms with van der Waals surface area (Å²) in [5, 5.41) is 20.2. The predicted molar refractivity (Wildman–Crippen MR) is 67.3 cm³/mol. The van der Waals surface area contributed by atoms with E-state index in [1.54, 1.807) is 0 Å². The van der Waals surface area contributed by atoms with Crippen molar-refractivity contribution in [1.29, 1.82) is 0 Å². The zero-order chi connectivity index (χ0) is 12.2. The van der Waals surface area contributed by atoms with Gasteiger partial charge >= 0.3 is 0 Å². The summed E-state index contributed by atoms with van der Waals surface area (Å²) in [5.41, 5.74) is -0.453. The Morgan fingerprint density at radius 1 is 1.12 bits per heavy atom. The molecule has 1 aliphatic rings. The van der Waals surface area contributed by atoms with Gasteiger partial charge in [0, 0.05) is 0 Å². The van der Waals surface area contributed by atoms with E-state index >= 15 is 0 Å². The number of aliphatic hydroxyl groups excluding tert-OH is 1. The van der Waals surface area contributed by atoms with Crippen LogP contribution in [0.4, 0.5) is 0 Å². The highest BCUT2D eigenvalue weighted by Crippen LogP contribution is 2.33. The van der Waals surface area contributed by atoms with E-state index < -0.39 is 5.60 Å². The summed E-state index contributed by atoms with van der Waals surface area (Å²) < 4.78 is 0. The van der Waals surface area contributed by atoms with Crippen LogP contribution in [-0.2, 0) is 0 Å². The zero-order valence-electron chi connectivity index (χ0n) is 11.1. The van der Waals surface area contributed by atoms with Gasteiger partial charge in [0.1, 0.15) is 0 Å². The van der Waals surface area contributed by atoms with Crippen molar-refractivity contribution < 1.29 is 10.2 Å². The molecule has 0 heterocycles. The highest BCUT2D eigenvalue weighted by molar-refractivity contribution is 4.83. The maximum atomic E-state index is 10.3. The molecule has 0 radical (unpaired) electrons. The van der Waals surface area contributed by atoms with Crippen LogP contribution >= 0.6 is 0 Å². The van der Waals surface area contributed by atoms with Crippen LogP contribution < -0.4 is 0 Å². The Bertz CT molecular complexity index is 199. The van der Waals surface area contributed by atoms with Gasteiger partial charge < -0.3 is 10.2 Å². The first-order chi connectivity index (χ1) is 7.33. The molecular formula is C14H28O2. The minimum Gasteiger partial charge on any atom is -0.393 e. The molecule has 1 aliphatic carbocycles. The Morgan fingerprint density at radius 3 is 2.19 bits per heavy atom. The molecule has 0 saturated heterocycles. The normalized spacial score (nSPS) is 23.1. The maximum absolute atomic E-state index is 10.3. The topological polar surface area (TPSA) is 40.5 Å².